The fraction of sp³-hybridized carbons (Fsp3) is 0.471. The van der Waals surface area contributed by atoms with Gasteiger partial charge in [0.05, 0.1) is 17.3 Å². The molecule has 1 N–H and O–H groups in total. The monoisotopic (exact) mass is 396 g/mol. The first-order valence-electron chi connectivity index (χ1n) is 8.64. The summed E-state index contributed by atoms with van der Waals surface area (Å²) in [6.45, 7) is 2.76. The van der Waals surface area contributed by atoms with Crippen molar-refractivity contribution >= 4 is 28.5 Å². The zero-order valence-corrected chi connectivity index (χ0v) is 15.7. The van der Waals surface area contributed by atoms with Gasteiger partial charge in [0.25, 0.3) is 0 Å². The lowest BCUT2D eigenvalue weighted by Crippen LogP contribution is -2.42. The highest BCUT2D eigenvalue weighted by Crippen LogP contribution is 2.40. The SMILES string of the molecule is CSC1CCN(c2ccnc3c2c(C(F)(F)F)nn3-c2ccn[nH]2)[C@H](C)C1. The molecule has 2 atom stereocenters. The number of fused-ring (bicyclic) bond motifs is 1. The molecule has 4 rings (SSSR count). The Balaban J connectivity index is 1.90. The van der Waals surface area contributed by atoms with Crippen LogP contribution in [0.3, 0.4) is 0 Å². The van der Waals surface area contributed by atoms with Crippen molar-refractivity contribution in [2.45, 2.75) is 37.2 Å². The molecule has 1 unspecified atom stereocenters. The van der Waals surface area contributed by atoms with Gasteiger partial charge in [-0.2, -0.15) is 39.8 Å². The minimum Gasteiger partial charge on any atom is -0.368 e. The van der Waals surface area contributed by atoms with Gasteiger partial charge in [-0.25, -0.2) is 4.98 Å². The van der Waals surface area contributed by atoms with E-state index >= 15 is 0 Å². The smallest absolute Gasteiger partial charge is 0.368 e. The van der Waals surface area contributed by atoms with Gasteiger partial charge in [0, 0.05) is 30.1 Å². The number of alkyl halides is 3. The first kappa shape index (κ1) is 18.1. The average molecular weight is 396 g/mol. The van der Waals surface area contributed by atoms with Crippen LogP contribution in [-0.2, 0) is 6.18 Å². The first-order chi connectivity index (χ1) is 12.9. The van der Waals surface area contributed by atoms with Crippen molar-refractivity contribution in [2.24, 2.45) is 0 Å². The van der Waals surface area contributed by atoms with Crippen LogP contribution >= 0.6 is 11.8 Å². The van der Waals surface area contributed by atoms with E-state index < -0.39 is 11.9 Å². The van der Waals surface area contributed by atoms with Crippen LogP contribution in [-0.4, -0.2) is 49.1 Å². The molecule has 0 bridgehead atoms. The summed E-state index contributed by atoms with van der Waals surface area (Å²) in [6, 6.07) is 3.36. The van der Waals surface area contributed by atoms with Crippen molar-refractivity contribution in [1.29, 1.82) is 0 Å². The predicted molar refractivity (Wildman–Crippen MR) is 99.4 cm³/mol. The Bertz CT molecular complexity index is 936. The van der Waals surface area contributed by atoms with Crippen molar-refractivity contribution in [3.63, 3.8) is 0 Å². The number of H-pyrrole nitrogens is 1. The molecule has 1 aliphatic rings. The molecule has 144 valence electrons. The topological polar surface area (TPSA) is 62.6 Å². The zero-order valence-electron chi connectivity index (χ0n) is 14.9. The number of piperidine rings is 1. The highest BCUT2D eigenvalue weighted by atomic mass is 32.2. The van der Waals surface area contributed by atoms with E-state index in [1.807, 2.05) is 16.7 Å². The lowest BCUT2D eigenvalue weighted by Gasteiger charge is -2.39. The Hall–Kier alpha value is -2.23. The average Bonchev–Trinajstić information content (AvgIpc) is 3.28. The minimum atomic E-state index is -4.58. The largest absolute Gasteiger partial charge is 0.435 e. The van der Waals surface area contributed by atoms with Crippen LogP contribution in [0.5, 0.6) is 0 Å². The van der Waals surface area contributed by atoms with Gasteiger partial charge in [0.1, 0.15) is 0 Å². The molecule has 0 saturated carbocycles. The summed E-state index contributed by atoms with van der Waals surface area (Å²) < 4.78 is 42.5. The highest BCUT2D eigenvalue weighted by Gasteiger charge is 2.40. The van der Waals surface area contributed by atoms with Crippen LogP contribution in [0.15, 0.2) is 24.5 Å². The van der Waals surface area contributed by atoms with Gasteiger partial charge in [-0.1, -0.05) is 0 Å². The van der Waals surface area contributed by atoms with E-state index in [4.69, 9.17) is 0 Å². The predicted octanol–water partition coefficient (Wildman–Crippen LogP) is 3.88. The third-order valence-corrected chi connectivity index (χ3v) is 6.09. The molecule has 0 amide bonds. The normalized spacial score (nSPS) is 21.1. The molecule has 4 heterocycles. The Morgan fingerprint density at radius 2 is 2.07 bits per heavy atom. The summed E-state index contributed by atoms with van der Waals surface area (Å²) in [4.78, 5) is 6.25. The molecular weight excluding hydrogens is 377 g/mol. The van der Waals surface area contributed by atoms with Crippen LogP contribution in [0.2, 0.25) is 0 Å². The van der Waals surface area contributed by atoms with Crippen molar-refractivity contribution in [3.05, 3.63) is 30.2 Å². The quantitative estimate of drug-likeness (QED) is 0.728. The van der Waals surface area contributed by atoms with Gasteiger partial charge in [-0.3, -0.25) is 5.10 Å². The Morgan fingerprint density at radius 1 is 1.26 bits per heavy atom. The van der Waals surface area contributed by atoms with E-state index in [9.17, 15) is 13.2 Å². The molecule has 1 saturated heterocycles. The van der Waals surface area contributed by atoms with E-state index in [-0.39, 0.29) is 17.1 Å². The molecule has 10 heteroatoms. The van der Waals surface area contributed by atoms with Gasteiger partial charge in [-0.05, 0) is 32.1 Å². The van der Waals surface area contributed by atoms with Crippen LogP contribution in [0, 0.1) is 0 Å². The number of aromatic nitrogens is 5. The molecule has 1 aliphatic heterocycles. The molecular formula is C17H19F3N6S. The second-order valence-electron chi connectivity index (χ2n) is 6.65. The maximum absolute atomic E-state index is 13.8. The minimum absolute atomic E-state index is 0.0362. The Morgan fingerprint density at radius 3 is 2.70 bits per heavy atom. The van der Waals surface area contributed by atoms with Crippen LogP contribution in [0.25, 0.3) is 16.9 Å². The number of thioether (sulfide) groups is 1. The summed E-state index contributed by atoms with van der Waals surface area (Å²) in [6.07, 6.45) is 2.37. The second-order valence-corrected chi connectivity index (χ2v) is 7.79. The maximum Gasteiger partial charge on any atom is 0.435 e. The van der Waals surface area contributed by atoms with E-state index in [1.54, 1.807) is 18.3 Å². The summed E-state index contributed by atoms with van der Waals surface area (Å²) in [5.74, 6) is 0.342. The molecule has 3 aromatic rings. The third kappa shape index (κ3) is 3.15. The number of aromatic amines is 1. The second kappa shape index (κ2) is 6.74. The molecule has 0 spiro atoms. The molecule has 1 fully saturated rings. The lowest BCUT2D eigenvalue weighted by atomic mass is 10.0. The van der Waals surface area contributed by atoms with Crippen molar-refractivity contribution in [1.82, 2.24) is 25.0 Å². The number of nitrogens with one attached hydrogen (secondary N) is 1. The number of halogens is 3. The fourth-order valence-electron chi connectivity index (χ4n) is 3.70. The lowest BCUT2D eigenvalue weighted by molar-refractivity contribution is -0.140. The number of hydrogen-bond donors (Lipinski definition) is 1. The maximum atomic E-state index is 13.8. The van der Waals surface area contributed by atoms with Gasteiger partial charge >= 0.3 is 6.18 Å². The van der Waals surface area contributed by atoms with Crippen LogP contribution in [0.1, 0.15) is 25.5 Å². The zero-order chi connectivity index (χ0) is 19.2. The van der Waals surface area contributed by atoms with E-state index in [2.05, 4.69) is 33.5 Å². The summed E-state index contributed by atoms with van der Waals surface area (Å²) in [5, 5.41) is 10.9. The van der Waals surface area contributed by atoms with Gasteiger partial charge in [0.15, 0.2) is 17.2 Å². The molecule has 0 aliphatic carbocycles. The first-order valence-corrected chi connectivity index (χ1v) is 9.93. The summed E-state index contributed by atoms with van der Waals surface area (Å²) >= 11 is 1.81. The third-order valence-electron chi connectivity index (χ3n) is 5.00. The summed E-state index contributed by atoms with van der Waals surface area (Å²) in [5.41, 5.74) is -0.220. The molecule has 6 nitrogen and oxygen atoms in total. The Kier molecular flexibility index (Phi) is 4.53. The van der Waals surface area contributed by atoms with Crippen LogP contribution < -0.4 is 4.90 Å². The summed E-state index contributed by atoms with van der Waals surface area (Å²) in [7, 11) is 0. The van der Waals surface area contributed by atoms with Gasteiger partial charge in [0.2, 0.25) is 0 Å². The van der Waals surface area contributed by atoms with E-state index in [0.717, 1.165) is 12.8 Å². The van der Waals surface area contributed by atoms with E-state index in [0.29, 0.717) is 23.3 Å². The number of anilines is 1. The van der Waals surface area contributed by atoms with E-state index in [1.165, 1.54) is 10.9 Å². The standard InChI is InChI=1S/C17H19F3N6S/c1-10-9-11(27-2)5-8-25(10)12-3-6-21-16-14(12)15(17(18,19)20)24-26(16)13-4-7-22-23-13/h3-4,6-7,10-11H,5,8-9H2,1-2H3,(H,22,23)/t10-,11?/m1/s1. The number of nitrogens with zero attached hydrogens (tertiary/aromatic N) is 5. The number of rotatable bonds is 3. The Labute approximate surface area is 158 Å². The van der Waals surface area contributed by atoms with Crippen molar-refractivity contribution < 1.29 is 13.2 Å². The van der Waals surface area contributed by atoms with Gasteiger partial charge < -0.3 is 4.90 Å². The molecule has 3 aromatic heterocycles. The van der Waals surface area contributed by atoms with Crippen LogP contribution in [0.4, 0.5) is 18.9 Å². The fourth-order valence-corrected chi connectivity index (χ4v) is 4.51. The molecule has 0 aromatic carbocycles. The van der Waals surface area contributed by atoms with Crippen molar-refractivity contribution in [3.8, 4) is 5.82 Å². The van der Waals surface area contributed by atoms with Gasteiger partial charge in [-0.15, -0.1) is 0 Å². The molecule has 27 heavy (non-hydrogen) atoms. The van der Waals surface area contributed by atoms with Crippen molar-refractivity contribution in [2.75, 3.05) is 17.7 Å². The number of pyridine rings is 1. The highest BCUT2D eigenvalue weighted by molar-refractivity contribution is 7.99. The molecule has 0 radical (unpaired) electrons. The number of hydrogen-bond acceptors (Lipinski definition) is 5.